The SMILES string of the molecule is NC(=O)c1ccccc1O[C@@H](NC(=O)c1cccc(Cl)c1)C(Cl)(Cl)Cl. The first kappa shape index (κ1) is 19.7. The Hall–Kier alpha value is -1.66. The molecule has 2 aromatic rings. The van der Waals surface area contributed by atoms with E-state index in [0.717, 1.165) is 0 Å². The number of primary amides is 1. The van der Waals surface area contributed by atoms with E-state index in [1.807, 2.05) is 0 Å². The molecule has 3 N–H and O–H groups in total. The molecule has 25 heavy (non-hydrogen) atoms. The van der Waals surface area contributed by atoms with Crippen LogP contribution in [0.2, 0.25) is 5.02 Å². The lowest BCUT2D eigenvalue weighted by Crippen LogP contribution is -2.48. The molecule has 1 atom stereocenters. The molecule has 0 saturated carbocycles. The Morgan fingerprint density at radius 1 is 1.08 bits per heavy atom. The van der Waals surface area contributed by atoms with Crippen LogP contribution in [-0.2, 0) is 0 Å². The van der Waals surface area contributed by atoms with Crippen LogP contribution >= 0.6 is 46.4 Å². The van der Waals surface area contributed by atoms with Crippen molar-refractivity contribution in [3.63, 3.8) is 0 Å². The molecule has 0 bridgehead atoms. The van der Waals surface area contributed by atoms with Crippen molar-refractivity contribution in [3.8, 4) is 5.75 Å². The van der Waals surface area contributed by atoms with Gasteiger partial charge in [0, 0.05) is 10.6 Å². The van der Waals surface area contributed by atoms with Crippen LogP contribution in [0, 0.1) is 0 Å². The monoisotopic (exact) mass is 420 g/mol. The quantitative estimate of drug-likeness (QED) is 0.566. The molecule has 9 heteroatoms. The topological polar surface area (TPSA) is 81.4 Å². The summed E-state index contributed by atoms with van der Waals surface area (Å²) in [5.74, 6) is -1.23. The van der Waals surface area contributed by atoms with E-state index in [4.69, 9.17) is 56.9 Å². The maximum absolute atomic E-state index is 12.3. The third-order valence-corrected chi connectivity index (χ3v) is 3.87. The van der Waals surface area contributed by atoms with Gasteiger partial charge in [-0.2, -0.15) is 0 Å². The Morgan fingerprint density at radius 3 is 2.36 bits per heavy atom. The predicted octanol–water partition coefficient (Wildman–Crippen LogP) is 3.94. The summed E-state index contributed by atoms with van der Waals surface area (Å²) in [6.07, 6.45) is -1.38. The van der Waals surface area contributed by atoms with E-state index in [1.54, 1.807) is 24.3 Å². The highest BCUT2D eigenvalue weighted by molar-refractivity contribution is 6.68. The minimum atomic E-state index is -2.01. The number of para-hydroxylation sites is 1. The van der Waals surface area contributed by atoms with E-state index in [0.29, 0.717) is 5.02 Å². The number of amides is 2. The number of benzene rings is 2. The van der Waals surface area contributed by atoms with Gasteiger partial charge >= 0.3 is 0 Å². The molecule has 0 unspecified atom stereocenters. The van der Waals surface area contributed by atoms with Gasteiger partial charge in [-0.25, -0.2) is 0 Å². The zero-order valence-electron chi connectivity index (χ0n) is 12.5. The lowest BCUT2D eigenvalue weighted by Gasteiger charge is -2.27. The van der Waals surface area contributed by atoms with Crippen LogP contribution in [-0.4, -0.2) is 21.8 Å². The molecule has 2 aromatic carbocycles. The van der Waals surface area contributed by atoms with Crippen molar-refractivity contribution in [1.82, 2.24) is 5.32 Å². The fourth-order valence-corrected chi connectivity index (χ4v) is 2.40. The Balaban J connectivity index is 2.26. The van der Waals surface area contributed by atoms with Crippen molar-refractivity contribution >= 4 is 58.2 Å². The summed E-state index contributed by atoms with van der Waals surface area (Å²) in [4.78, 5) is 23.8. The van der Waals surface area contributed by atoms with Gasteiger partial charge in [-0.15, -0.1) is 0 Å². The third-order valence-electron chi connectivity index (χ3n) is 3.04. The predicted molar refractivity (Wildman–Crippen MR) is 98.6 cm³/mol. The standard InChI is InChI=1S/C16H12Cl4N2O3/c17-10-5-3-4-9(8-10)14(24)22-15(16(18,19)20)25-12-7-2-1-6-11(12)13(21)23/h1-8,15H,(H2,21,23)(H,22,24)/t15-/m1/s1. The van der Waals surface area contributed by atoms with Gasteiger partial charge in [-0.05, 0) is 30.3 Å². The second-order valence-electron chi connectivity index (χ2n) is 4.88. The zero-order valence-corrected chi connectivity index (χ0v) is 15.5. The first-order valence-electron chi connectivity index (χ1n) is 6.87. The normalized spacial score (nSPS) is 12.3. The molecule has 0 aliphatic rings. The van der Waals surface area contributed by atoms with Gasteiger partial charge in [-0.1, -0.05) is 64.6 Å². The molecule has 0 spiro atoms. The average Bonchev–Trinajstić information content (AvgIpc) is 2.53. The van der Waals surface area contributed by atoms with Crippen LogP contribution in [0.4, 0.5) is 0 Å². The molecule has 0 aliphatic heterocycles. The van der Waals surface area contributed by atoms with E-state index in [2.05, 4.69) is 5.32 Å². The number of hydrogen-bond acceptors (Lipinski definition) is 3. The largest absolute Gasteiger partial charge is 0.465 e. The fourth-order valence-electron chi connectivity index (χ4n) is 1.91. The van der Waals surface area contributed by atoms with Crippen LogP contribution in [0.5, 0.6) is 5.75 Å². The summed E-state index contributed by atoms with van der Waals surface area (Å²) in [5, 5.41) is 2.82. The van der Waals surface area contributed by atoms with Crippen LogP contribution in [0.1, 0.15) is 20.7 Å². The summed E-state index contributed by atoms with van der Waals surface area (Å²) in [6.45, 7) is 0. The Bertz CT molecular complexity index is 793. The molecule has 2 amide bonds. The molecule has 0 heterocycles. The van der Waals surface area contributed by atoms with Crippen molar-refractivity contribution in [2.75, 3.05) is 0 Å². The number of carbonyl (C=O) groups excluding carboxylic acids is 2. The van der Waals surface area contributed by atoms with Crippen LogP contribution in [0.25, 0.3) is 0 Å². The number of carbonyl (C=O) groups is 2. The van der Waals surface area contributed by atoms with Crippen molar-refractivity contribution < 1.29 is 14.3 Å². The van der Waals surface area contributed by atoms with Crippen molar-refractivity contribution in [3.05, 3.63) is 64.7 Å². The number of rotatable bonds is 5. The highest BCUT2D eigenvalue weighted by Crippen LogP contribution is 2.33. The van der Waals surface area contributed by atoms with E-state index < -0.39 is 21.8 Å². The lowest BCUT2D eigenvalue weighted by molar-refractivity contribution is 0.0830. The van der Waals surface area contributed by atoms with E-state index in [1.165, 1.54) is 24.3 Å². The lowest BCUT2D eigenvalue weighted by atomic mass is 10.2. The summed E-state index contributed by atoms with van der Waals surface area (Å²) in [7, 11) is 0. The minimum Gasteiger partial charge on any atom is -0.465 e. The maximum atomic E-state index is 12.3. The van der Waals surface area contributed by atoms with Crippen LogP contribution < -0.4 is 15.8 Å². The number of hydrogen-bond donors (Lipinski definition) is 2. The highest BCUT2D eigenvalue weighted by Gasteiger charge is 2.37. The first-order valence-corrected chi connectivity index (χ1v) is 8.38. The van der Waals surface area contributed by atoms with Gasteiger partial charge in [0.1, 0.15) is 5.75 Å². The number of ether oxygens (including phenoxy) is 1. The number of alkyl halides is 3. The molecule has 2 rings (SSSR count). The van der Waals surface area contributed by atoms with E-state index >= 15 is 0 Å². The second-order valence-corrected chi connectivity index (χ2v) is 7.69. The summed E-state index contributed by atoms with van der Waals surface area (Å²) >= 11 is 23.5. The van der Waals surface area contributed by atoms with Gasteiger partial charge in [-0.3, -0.25) is 9.59 Å². The van der Waals surface area contributed by atoms with Gasteiger partial charge in [0.25, 0.3) is 11.8 Å². The molecule has 0 saturated heterocycles. The Labute approximate surface area is 163 Å². The molecule has 5 nitrogen and oxygen atoms in total. The van der Waals surface area contributed by atoms with Gasteiger partial charge in [0.2, 0.25) is 10.0 Å². The molecule has 0 aromatic heterocycles. The Kier molecular flexibility index (Phi) is 6.41. The van der Waals surface area contributed by atoms with Crippen LogP contribution in [0.3, 0.4) is 0 Å². The molecule has 132 valence electrons. The Morgan fingerprint density at radius 2 is 1.76 bits per heavy atom. The summed E-state index contributed by atoms with van der Waals surface area (Å²) in [5.41, 5.74) is 5.62. The highest BCUT2D eigenvalue weighted by atomic mass is 35.6. The van der Waals surface area contributed by atoms with Crippen molar-refractivity contribution in [2.24, 2.45) is 5.73 Å². The summed E-state index contributed by atoms with van der Waals surface area (Å²) < 4.78 is 3.52. The van der Waals surface area contributed by atoms with E-state index in [9.17, 15) is 9.59 Å². The first-order chi connectivity index (χ1) is 11.7. The average molecular weight is 422 g/mol. The number of nitrogens with one attached hydrogen (secondary N) is 1. The zero-order chi connectivity index (χ0) is 18.6. The van der Waals surface area contributed by atoms with Crippen molar-refractivity contribution in [2.45, 2.75) is 10.0 Å². The van der Waals surface area contributed by atoms with Gasteiger partial charge in [0.05, 0.1) is 5.56 Å². The smallest absolute Gasteiger partial charge is 0.254 e. The maximum Gasteiger partial charge on any atom is 0.254 e. The third kappa shape index (κ3) is 5.41. The molecule has 0 fully saturated rings. The molecular weight excluding hydrogens is 410 g/mol. The van der Waals surface area contributed by atoms with Crippen LogP contribution in [0.15, 0.2) is 48.5 Å². The summed E-state index contributed by atoms with van der Waals surface area (Å²) in [6, 6.07) is 12.3. The van der Waals surface area contributed by atoms with E-state index in [-0.39, 0.29) is 16.9 Å². The minimum absolute atomic E-state index is 0.0673. The fraction of sp³-hybridized carbons (Fsp3) is 0.125. The number of nitrogens with two attached hydrogens (primary N) is 1. The van der Waals surface area contributed by atoms with Gasteiger partial charge in [0.15, 0.2) is 0 Å². The number of halogens is 4. The second kappa shape index (κ2) is 8.15. The molecule has 0 aliphatic carbocycles. The molecule has 0 radical (unpaired) electrons. The van der Waals surface area contributed by atoms with Gasteiger partial charge < -0.3 is 15.8 Å². The molecular formula is C16H12Cl4N2O3. The van der Waals surface area contributed by atoms with Crippen molar-refractivity contribution in [1.29, 1.82) is 0 Å².